The number of rotatable bonds is 6. The van der Waals surface area contributed by atoms with E-state index in [4.69, 9.17) is 10.2 Å². The predicted molar refractivity (Wildman–Crippen MR) is 90.3 cm³/mol. The third-order valence-electron chi connectivity index (χ3n) is 3.99. The van der Waals surface area contributed by atoms with Crippen LogP contribution in [-0.4, -0.2) is 42.3 Å². The summed E-state index contributed by atoms with van der Waals surface area (Å²) in [6, 6.07) is 11.5. The highest BCUT2D eigenvalue weighted by molar-refractivity contribution is 6.18. The Balaban J connectivity index is 2.04. The van der Waals surface area contributed by atoms with Crippen LogP contribution in [0.3, 0.4) is 0 Å². The first kappa shape index (κ1) is 15.5. The molecule has 0 bridgehead atoms. The molecule has 3 rings (SSSR count). The molecule has 4 N–H and O–H groups in total. The number of hydrogen-bond donors (Lipinski definition) is 4. The highest BCUT2D eigenvalue weighted by atomic mass is 16.3. The number of carbonyl (C=O) groups is 1. The number of aliphatic hydroxyl groups is 2. The highest BCUT2D eigenvalue weighted by Crippen LogP contribution is 2.35. The number of benzene rings is 2. The summed E-state index contributed by atoms with van der Waals surface area (Å²) in [6.07, 6.45) is 0.694. The molecule has 0 heterocycles. The average molecular weight is 312 g/mol. The van der Waals surface area contributed by atoms with Crippen molar-refractivity contribution in [1.29, 1.82) is 0 Å². The minimum atomic E-state index is -0.0247. The van der Waals surface area contributed by atoms with E-state index >= 15 is 0 Å². The maximum absolute atomic E-state index is 13.1. The second kappa shape index (κ2) is 6.81. The van der Waals surface area contributed by atoms with Crippen LogP contribution in [0.4, 0.5) is 11.4 Å². The van der Waals surface area contributed by atoms with Crippen LogP contribution in [-0.2, 0) is 6.42 Å². The summed E-state index contributed by atoms with van der Waals surface area (Å²) in [5, 5.41) is 24.3. The van der Waals surface area contributed by atoms with Crippen molar-refractivity contribution in [2.75, 3.05) is 36.9 Å². The van der Waals surface area contributed by atoms with Crippen molar-refractivity contribution in [3.63, 3.8) is 0 Å². The standard InChI is InChI=1S/C18H20N2O3/c21-9-7-19-14-5-1-3-12-11-13-4-2-6-15(20-8-10-22)17(13)18(23)16(12)14/h1-6,19-22H,7-11H2. The molecule has 0 fully saturated rings. The quantitative estimate of drug-likeness (QED) is 0.556. The summed E-state index contributed by atoms with van der Waals surface area (Å²) in [5.41, 5.74) is 4.83. The van der Waals surface area contributed by atoms with Crippen molar-refractivity contribution < 1.29 is 15.0 Å². The molecule has 5 heteroatoms. The van der Waals surface area contributed by atoms with E-state index in [1.165, 1.54) is 0 Å². The number of carbonyl (C=O) groups excluding carboxylic acids is 1. The number of anilines is 2. The van der Waals surface area contributed by atoms with Crippen molar-refractivity contribution in [3.8, 4) is 0 Å². The number of nitrogens with one attached hydrogen (secondary N) is 2. The Kier molecular flexibility index (Phi) is 4.60. The van der Waals surface area contributed by atoms with Crippen LogP contribution >= 0.6 is 0 Å². The van der Waals surface area contributed by atoms with Gasteiger partial charge in [-0.25, -0.2) is 0 Å². The Bertz CT molecular complexity index is 669. The van der Waals surface area contributed by atoms with Gasteiger partial charge >= 0.3 is 0 Å². The predicted octanol–water partition coefficient (Wildman–Crippen LogP) is 1.63. The molecule has 0 radical (unpaired) electrons. The zero-order valence-corrected chi connectivity index (χ0v) is 12.8. The van der Waals surface area contributed by atoms with E-state index < -0.39 is 0 Å². The first-order chi connectivity index (χ1) is 11.3. The second-order valence-electron chi connectivity index (χ2n) is 5.49. The van der Waals surface area contributed by atoms with Crippen molar-refractivity contribution in [2.24, 2.45) is 0 Å². The second-order valence-corrected chi connectivity index (χ2v) is 5.49. The first-order valence-corrected chi connectivity index (χ1v) is 7.74. The van der Waals surface area contributed by atoms with Gasteiger partial charge in [0.25, 0.3) is 0 Å². The first-order valence-electron chi connectivity index (χ1n) is 7.74. The molecule has 0 spiro atoms. The molecular weight excluding hydrogens is 292 g/mol. The molecular formula is C18H20N2O3. The van der Waals surface area contributed by atoms with Crippen LogP contribution in [0.15, 0.2) is 36.4 Å². The Morgan fingerprint density at radius 1 is 0.826 bits per heavy atom. The van der Waals surface area contributed by atoms with Crippen LogP contribution < -0.4 is 10.6 Å². The average Bonchev–Trinajstić information content (AvgIpc) is 2.57. The van der Waals surface area contributed by atoms with Crippen LogP contribution in [0.2, 0.25) is 0 Å². The maximum atomic E-state index is 13.1. The van der Waals surface area contributed by atoms with E-state index in [1.54, 1.807) is 0 Å². The molecule has 2 aromatic rings. The van der Waals surface area contributed by atoms with Gasteiger partial charge in [-0.05, 0) is 29.7 Å². The minimum absolute atomic E-state index is 0.0117. The molecule has 23 heavy (non-hydrogen) atoms. The van der Waals surface area contributed by atoms with Gasteiger partial charge < -0.3 is 20.8 Å². The third-order valence-corrected chi connectivity index (χ3v) is 3.99. The van der Waals surface area contributed by atoms with Gasteiger partial charge in [0.2, 0.25) is 0 Å². The van der Waals surface area contributed by atoms with Gasteiger partial charge in [0.1, 0.15) is 0 Å². The Morgan fingerprint density at radius 3 is 1.74 bits per heavy atom. The van der Waals surface area contributed by atoms with Gasteiger partial charge in [-0.1, -0.05) is 24.3 Å². The zero-order chi connectivity index (χ0) is 16.2. The Labute approximate surface area is 135 Å². The van der Waals surface area contributed by atoms with E-state index in [1.807, 2.05) is 36.4 Å². The topological polar surface area (TPSA) is 81.6 Å². The third kappa shape index (κ3) is 2.93. The number of ketones is 1. The molecule has 0 unspecified atom stereocenters. The van der Waals surface area contributed by atoms with Gasteiger partial charge in [0.15, 0.2) is 5.78 Å². The molecule has 2 aromatic carbocycles. The molecule has 0 aliphatic heterocycles. The molecule has 1 aliphatic carbocycles. The zero-order valence-electron chi connectivity index (χ0n) is 12.8. The lowest BCUT2D eigenvalue weighted by Crippen LogP contribution is -2.21. The fourth-order valence-electron chi connectivity index (χ4n) is 3.04. The van der Waals surface area contributed by atoms with E-state index in [0.29, 0.717) is 30.6 Å². The molecule has 1 aliphatic rings. The summed E-state index contributed by atoms with van der Waals surface area (Å²) in [6.45, 7) is 0.831. The molecule has 0 saturated carbocycles. The molecule has 5 nitrogen and oxygen atoms in total. The van der Waals surface area contributed by atoms with Crippen molar-refractivity contribution in [2.45, 2.75) is 6.42 Å². The normalized spacial score (nSPS) is 12.5. The fraction of sp³-hybridized carbons (Fsp3) is 0.278. The van der Waals surface area contributed by atoms with E-state index in [0.717, 1.165) is 22.5 Å². The molecule has 0 amide bonds. The monoisotopic (exact) mass is 312 g/mol. The summed E-state index contributed by atoms with van der Waals surface area (Å²) >= 11 is 0. The lowest BCUT2D eigenvalue weighted by molar-refractivity contribution is 0.103. The van der Waals surface area contributed by atoms with Gasteiger partial charge in [0.05, 0.1) is 13.2 Å². The SMILES string of the molecule is O=C1c2c(cccc2NCCO)Cc2cccc(NCCO)c21. The molecule has 0 atom stereocenters. The summed E-state index contributed by atoms with van der Waals surface area (Å²) in [7, 11) is 0. The van der Waals surface area contributed by atoms with E-state index in [2.05, 4.69) is 10.6 Å². The summed E-state index contributed by atoms with van der Waals surface area (Å²) in [5.74, 6) is -0.0247. The Hall–Kier alpha value is -2.37. The Morgan fingerprint density at radius 2 is 1.30 bits per heavy atom. The summed E-state index contributed by atoms with van der Waals surface area (Å²) < 4.78 is 0. The van der Waals surface area contributed by atoms with E-state index in [-0.39, 0.29) is 19.0 Å². The van der Waals surface area contributed by atoms with Crippen LogP contribution in [0.1, 0.15) is 27.0 Å². The highest BCUT2D eigenvalue weighted by Gasteiger charge is 2.27. The summed E-state index contributed by atoms with van der Waals surface area (Å²) in [4.78, 5) is 13.1. The van der Waals surface area contributed by atoms with Crippen LogP contribution in [0, 0.1) is 0 Å². The molecule has 0 aromatic heterocycles. The number of hydrogen-bond acceptors (Lipinski definition) is 5. The van der Waals surface area contributed by atoms with Crippen molar-refractivity contribution in [1.82, 2.24) is 0 Å². The largest absolute Gasteiger partial charge is 0.395 e. The number of aliphatic hydroxyl groups excluding tert-OH is 2. The van der Waals surface area contributed by atoms with Gasteiger partial charge in [-0.2, -0.15) is 0 Å². The van der Waals surface area contributed by atoms with Crippen molar-refractivity contribution in [3.05, 3.63) is 58.7 Å². The maximum Gasteiger partial charge on any atom is 0.197 e. The lowest BCUT2D eigenvalue weighted by atomic mass is 9.83. The van der Waals surface area contributed by atoms with Gasteiger partial charge in [0, 0.05) is 35.6 Å². The molecule has 120 valence electrons. The minimum Gasteiger partial charge on any atom is -0.395 e. The fourth-order valence-corrected chi connectivity index (χ4v) is 3.04. The van der Waals surface area contributed by atoms with Crippen molar-refractivity contribution >= 4 is 17.2 Å². The van der Waals surface area contributed by atoms with E-state index in [9.17, 15) is 4.79 Å². The number of fused-ring (bicyclic) bond motifs is 2. The van der Waals surface area contributed by atoms with Crippen LogP contribution in [0.25, 0.3) is 0 Å². The van der Waals surface area contributed by atoms with Gasteiger partial charge in [-0.15, -0.1) is 0 Å². The van der Waals surface area contributed by atoms with Gasteiger partial charge in [-0.3, -0.25) is 4.79 Å². The molecule has 0 saturated heterocycles. The van der Waals surface area contributed by atoms with Crippen LogP contribution in [0.5, 0.6) is 0 Å². The lowest BCUT2D eigenvalue weighted by Gasteiger charge is -2.24. The smallest absolute Gasteiger partial charge is 0.197 e.